The van der Waals surface area contributed by atoms with Crippen LogP contribution in [0.2, 0.25) is 0 Å². The van der Waals surface area contributed by atoms with Gasteiger partial charge in [-0.1, -0.05) is 0 Å². The number of esters is 2. The van der Waals surface area contributed by atoms with E-state index in [2.05, 4.69) is 9.47 Å². The van der Waals surface area contributed by atoms with Crippen molar-refractivity contribution < 1.29 is 38.1 Å². The fourth-order valence-corrected chi connectivity index (χ4v) is 0.912. The van der Waals surface area contributed by atoms with Gasteiger partial charge < -0.3 is 18.9 Å². The monoisotopic (exact) mass is 290 g/mol. The van der Waals surface area contributed by atoms with E-state index in [1.807, 2.05) is 0 Å². The first-order valence-corrected chi connectivity index (χ1v) is 5.96. The Balaban J connectivity index is 3.25. The van der Waals surface area contributed by atoms with E-state index in [9.17, 15) is 19.2 Å². The molecule has 0 aromatic heterocycles. The molecule has 0 saturated carbocycles. The second-order valence-electron chi connectivity index (χ2n) is 3.61. The first kappa shape index (κ1) is 18.2. The number of rotatable bonds is 11. The highest BCUT2D eigenvalue weighted by Crippen LogP contribution is 1.85. The quantitative estimate of drug-likeness (QED) is 0.279. The predicted octanol–water partition coefficient (Wildman–Crippen LogP) is -0.716. The van der Waals surface area contributed by atoms with Crippen LogP contribution in [0.5, 0.6) is 0 Å². The van der Waals surface area contributed by atoms with Gasteiger partial charge in [0.2, 0.25) is 11.6 Å². The second-order valence-corrected chi connectivity index (χ2v) is 3.61. The highest BCUT2D eigenvalue weighted by atomic mass is 16.6. The highest BCUT2D eigenvalue weighted by molar-refractivity contribution is 6.32. The van der Waals surface area contributed by atoms with Crippen LogP contribution in [0.15, 0.2) is 0 Å². The molecule has 8 nitrogen and oxygen atoms in total. The lowest BCUT2D eigenvalue weighted by Crippen LogP contribution is -2.19. The molecule has 0 fully saturated rings. The van der Waals surface area contributed by atoms with Gasteiger partial charge in [-0.05, 0) is 0 Å². The summed E-state index contributed by atoms with van der Waals surface area (Å²) in [4.78, 5) is 42.5. The normalized spacial score (nSPS) is 9.90. The van der Waals surface area contributed by atoms with Crippen molar-refractivity contribution in [3.8, 4) is 0 Å². The standard InChI is InChI=1S/C12H18O8/c1-9(13)11(15)19-7-5-17-3-4-18-6-8-20-12(16)10(2)14/h3-8H2,1-2H3. The van der Waals surface area contributed by atoms with Gasteiger partial charge in [0.1, 0.15) is 13.2 Å². The van der Waals surface area contributed by atoms with Crippen molar-refractivity contribution in [3.05, 3.63) is 0 Å². The van der Waals surface area contributed by atoms with Crippen molar-refractivity contribution in [2.24, 2.45) is 0 Å². The third-order valence-electron chi connectivity index (χ3n) is 1.87. The highest BCUT2D eigenvalue weighted by Gasteiger charge is 2.08. The van der Waals surface area contributed by atoms with Crippen LogP contribution in [0.25, 0.3) is 0 Å². The third kappa shape index (κ3) is 10.2. The SMILES string of the molecule is CC(=O)C(=O)OCCOCCOCCOC(=O)C(C)=O. The van der Waals surface area contributed by atoms with E-state index >= 15 is 0 Å². The van der Waals surface area contributed by atoms with Crippen molar-refractivity contribution in [1.29, 1.82) is 0 Å². The van der Waals surface area contributed by atoms with Crippen molar-refractivity contribution in [2.45, 2.75) is 13.8 Å². The maximum absolute atomic E-state index is 10.7. The van der Waals surface area contributed by atoms with Gasteiger partial charge in [-0.15, -0.1) is 0 Å². The van der Waals surface area contributed by atoms with Crippen molar-refractivity contribution in [3.63, 3.8) is 0 Å². The van der Waals surface area contributed by atoms with Crippen LogP contribution in [0.4, 0.5) is 0 Å². The summed E-state index contributed by atoms with van der Waals surface area (Å²) in [5.41, 5.74) is 0. The van der Waals surface area contributed by atoms with Gasteiger partial charge in [-0.3, -0.25) is 9.59 Å². The Morgan fingerprint density at radius 1 is 0.600 bits per heavy atom. The molecule has 0 saturated heterocycles. The number of hydrogen-bond acceptors (Lipinski definition) is 8. The van der Waals surface area contributed by atoms with Gasteiger partial charge in [0.05, 0.1) is 26.4 Å². The van der Waals surface area contributed by atoms with Crippen LogP contribution in [-0.2, 0) is 38.1 Å². The molecule has 0 aromatic rings. The number of carbonyl (C=O) groups is 4. The molecule has 0 heterocycles. The summed E-state index contributed by atoms with van der Waals surface area (Å²) in [6.45, 7) is 3.06. The predicted molar refractivity (Wildman–Crippen MR) is 64.9 cm³/mol. The molecule has 0 amide bonds. The molecule has 8 heteroatoms. The van der Waals surface area contributed by atoms with Gasteiger partial charge in [0, 0.05) is 13.8 Å². The van der Waals surface area contributed by atoms with Gasteiger partial charge in [0.15, 0.2) is 0 Å². The molecule has 0 N–H and O–H groups in total. The maximum Gasteiger partial charge on any atom is 0.374 e. The molecule has 0 rings (SSSR count). The van der Waals surface area contributed by atoms with Crippen molar-refractivity contribution in [1.82, 2.24) is 0 Å². The summed E-state index contributed by atoms with van der Waals surface area (Å²) in [7, 11) is 0. The Morgan fingerprint density at radius 2 is 0.900 bits per heavy atom. The molecule has 0 radical (unpaired) electrons. The summed E-state index contributed by atoms with van der Waals surface area (Å²) in [5, 5.41) is 0. The first-order chi connectivity index (χ1) is 9.45. The van der Waals surface area contributed by atoms with Crippen LogP contribution in [-0.4, -0.2) is 63.1 Å². The molecule has 0 bridgehead atoms. The van der Waals surface area contributed by atoms with E-state index < -0.39 is 23.5 Å². The van der Waals surface area contributed by atoms with E-state index in [0.717, 1.165) is 13.8 Å². The Hall–Kier alpha value is -1.80. The number of carbonyl (C=O) groups excluding carboxylic acids is 4. The van der Waals surface area contributed by atoms with E-state index in [4.69, 9.17) is 9.47 Å². The molecule has 20 heavy (non-hydrogen) atoms. The average molecular weight is 290 g/mol. The smallest absolute Gasteiger partial charge is 0.374 e. The van der Waals surface area contributed by atoms with Gasteiger partial charge in [-0.2, -0.15) is 0 Å². The lowest BCUT2D eigenvalue weighted by atomic mass is 10.5. The van der Waals surface area contributed by atoms with Crippen LogP contribution < -0.4 is 0 Å². The molecule has 0 aliphatic rings. The Bertz CT molecular complexity index is 315. The fraction of sp³-hybridized carbons (Fsp3) is 0.667. The minimum Gasteiger partial charge on any atom is -0.458 e. The van der Waals surface area contributed by atoms with Crippen molar-refractivity contribution in [2.75, 3.05) is 39.6 Å². The molecule has 114 valence electrons. The fourth-order valence-electron chi connectivity index (χ4n) is 0.912. The van der Waals surface area contributed by atoms with Crippen LogP contribution in [0.3, 0.4) is 0 Å². The van der Waals surface area contributed by atoms with Crippen LogP contribution in [0.1, 0.15) is 13.8 Å². The van der Waals surface area contributed by atoms with Crippen LogP contribution >= 0.6 is 0 Å². The van der Waals surface area contributed by atoms with Gasteiger partial charge in [-0.25, -0.2) is 9.59 Å². The van der Waals surface area contributed by atoms with Gasteiger partial charge in [0.25, 0.3) is 0 Å². The number of hydrogen-bond donors (Lipinski definition) is 0. The van der Waals surface area contributed by atoms with Gasteiger partial charge >= 0.3 is 11.9 Å². The molecule has 0 aliphatic carbocycles. The Morgan fingerprint density at radius 3 is 1.20 bits per heavy atom. The number of ether oxygens (including phenoxy) is 4. The molecule has 0 aromatic carbocycles. The maximum atomic E-state index is 10.7. The van der Waals surface area contributed by atoms with E-state index in [1.54, 1.807) is 0 Å². The Kier molecular flexibility index (Phi) is 10.1. The van der Waals surface area contributed by atoms with E-state index in [-0.39, 0.29) is 39.6 Å². The lowest BCUT2D eigenvalue weighted by Gasteiger charge is -2.06. The van der Waals surface area contributed by atoms with E-state index in [1.165, 1.54) is 0 Å². The first-order valence-electron chi connectivity index (χ1n) is 5.96. The van der Waals surface area contributed by atoms with Crippen molar-refractivity contribution >= 4 is 23.5 Å². The second kappa shape index (κ2) is 11.1. The van der Waals surface area contributed by atoms with Crippen LogP contribution in [0, 0.1) is 0 Å². The summed E-state index contributed by atoms with van der Waals surface area (Å²) in [6.07, 6.45) is 0. The summed E-state index contributed by atoms with van der Waals surface area (Å²) < 4.78 is 19.2. The molecular weight excluding hydrogens is 272 g/mol. The molecule has 0 spiro atoms. The Labute approximate surface area is 116 Å². The zero-order chi connectivity index (χ0) is 15.4. The number of Topliss-reactive ketones (excluding diaryl/α,β-unsaturated/α-hetero) is 2. The molecular formula is C12H18O8. The molecule has 0 unspecified atom stereocenters. The summed E-state index contributed by atoms with van der Waals surface area (Å²) >= 11 is 0. The molecule has 0 aliphatic heterocycles. The lowest BCUT2D eigenvalue weighted by molar-refractivity contribution is -0.154. The third-order valence-corrected chi connectivity index (χ3v) is 1.87. The minimum absolute atomic E-state index is 0.00532. The van der Waals surface area contributed by atoms with E-state index in [0.29, 0.717) is 0 Å². The average Bonchev–Trinajstić information content (AvgIpc) is 2.39. The molecule has 0 atom stereocenters. The zero-order valence-corrected chi connectivity index (χ0v) is 11.5. The topological polar surface area (TPSA) is 105 Å². The number of ketones is 2. The minimum atomic E-state index is -0.892. The zero-order valence-electron chi connectivity index (χ0n) is 11.5. The largest absolute Gasteiger partial charge is 0.458 e. The summed E-state index contributed by atoms with van der Waals surface area (Å²) in [5.74, 6) is -3.10. The summed E-state index contributed by atoms with van der Waals surface area (Å²) in [6, 6.07) is 0.